The van der Waals surface area contributed by atoms with Crippen LogP contribution in [0.15, 0.2) is 23.0 Å². The Morgan fingerprint density at radius 1 is 1.36 bits per heavy atom. The number of aromatic nitrogens is 2. The van der Waals surface area contributed by atoms with Crippen molar-refractivity contribution in [3.8, 4) is 11.5 Å². The van der Waals surface area contributed by atoms with Crippen LogP contribution in [0.5, 0.6) is 11.5 Å². The van der Waals surface area contributed by atoms with Crippen LogP contribution in [0.4, 0.5) is 5.95 Å². The normalized spacial score (nSPS) is 16.5. The molecule has 4 rings (SSSR count). The lowest BCUT2D eigenvalue weighted by atomic mass is 10.1. The molecule has 0 atom stereocenters. The highest BCUT2D eigenvalue weighted by Gasteiger charge is 2.23. The van der Waals surface area contributed by atoms with E-state index in [0.29, 0.717) is 18.7 Å². The third-order valence-electron chi connectivity index (χ3n) is 4.04. The van der Waals surface area contributed by atoms with E-state index in [-0.39, 0.29) is 18.3 Å². The second kappa shape index (κ2) is 5.03. The second-order valence-corrected chi connectivity index (χ2v) is 5.49. The molecule has 0 unspecified atom stereocenters. The lowest BCUT2D eigenvalue weighted by Crippen LogP contribution is -2.35. The number of H-pyrrole nitrogens is 1. The lowest BCUT2D eigenvalue weighted by Gasteiger charge is -2.27. The second-order valence-electron chi connectivity index (χ2n) is 5.49. The van der Waals surface area contributed by atoms with Gasteiger partial charge >= 0.3 is 0 Å². The number of hydrogen-bond acceptors (Lipinski definition) is 6. The minimum Gasteiger partial charge on any atom is -0.454 e. The van der Waals surface area contributed by atoms with Gasteiger partial charge in [-0.1, -0.05) is 12.1 Å². The van der Waals surface area contributed by atoms with Gasteiger partial charge in [0.25, 0.3) is 5.56 Å². The number of rotatable bonds is 2. The zero-order valence-corrected chi connectivity index (χ0v) is 12.0. The molecule has 0 saturated carbocycles. The molecule has 22 heavy (non-hydrogen) atoms. The van der Waals surface area contributed by atoms with Crippen molar-refractivity contribution >= 4 is 5.95 Å². The van der Waals surface area contributed by atoms with E-state index in [1.165, 1.54) is 0 Å². The Balaban J connectivity index is 1.59. The standard InChI is InChI=1S/C15H16N4O3/c16-15-17-11-4-5-19(7-10(11)14(20)18-15)6-9-2-1-3-12-13(9)22-8-21-12/h1-3H,4-8H2,(H3,16,17,18,20). The van der Waals surface area contributed by atoms with E-state index >= 15 is 0 Å². The molecule has 3 N–H and O–H groups in total. The number of aromatic amines is 1. The summed E-state index contributed by atoms with van der Waals surface area (Å²) in [4.78, 5) is 21.0. The Bertz CT molecular complexity index is 787. The summed E-state index contributed by atoms with van der Waals surface area (Å²) in [7, 11) is 0. The number of ether oxygens (including phenoxy) is 2. The summed E-state index contributed by atoms with van der Waals surface area (Å²) < 4.78 is 10.9. The fourth-order valence-corrected chi connectivity index (χ4v) is 2.99. The first-order valence-electron chi connectivity index (χ1n) is 7.18. The first-order valence-corrected chi connectivity index (χ1v) is 7.18. The molecule has 2 aromatic rings. The molecule has 0 fully saturated rings. The van der Waals surface area contributed by atoms with E-state index in [0.717, 1.165) is 35.7 Å². The Hall–Kier alpha value is -2.54. The Kier molecular flexibility index (Phi) is 3.00. The highest BCUT2D eigenvalue weighted by Crippen LogP contribution is 2.36. The highest BCUT2D eigenvalue weighted by molar-refractivity contribution is 5.48. The molecular weight excluding hydrogens is 284 g/mol. The molecule has 1 aromatic carbocycles. The molecule has 0 saturated heterocycles. The van der Waals surface area contributed by atoms with Crippen molar-refractivity contribution in [2.45, 2.75) is 19.5 Å². The molecule has 1 aromatic heterocycles. The molecule has 7 heteroatoms. The summed E-state index contributed by atoms with van der Waals surface area (Å²) in [5.41, 5.74) is 8.01. The first-order chi connectivity index (χ1) is 10.7. The number of nitrogens with zero attached hydrogens (tertiary/aromatic N) is 2. The average Bonchev–Trinajstić information content (AvgIpc) is 2.97. The molecule has 0 radical (unpaired) electrons. The Morgan fingerprint density at radius 2 is 2.27 bits per heavy atom. The number of anilines is 1. The van der Waals surface area contributed by atoms with Gasteiger partial charge in [-0.05, 0) is 6.07 Å². The fraction of sp³-hybridized carbons (Fsp3) is 0.333. The fourth-order valence-electron chi connectivity index (χ4n) is 2.99. The predicted octanol–water partition coefficient (Wildman–Crippen LogP) is 0.639. The van der Waals surface area contributed by atoms with E-state index in [2.05, 4.69) is 14.9 Å². The maximum Gasteiger partial charge on any atom is 0.257 e. The maximum absolute atomic E-state index is 12.0. The van der Waals surface area contributed by atoms with Crippen molar-refractivity contribution in [3.63, 3.8) is 0 Å². The van der Waals surface area contributed by atoms with Crippen LogP contribution in [-0.4, -0.2) is 28.2 Å². The number of benzene rings is 1. The Labute approximate surface area is 126 Å². The van der Waals surface area contributed by atoms with Crippen molar-refractivity contribution in [1.82, 2.24) is 14.9 Å². The third-order valence-corrected chi connectivity index (χ3v) is 4.04. The van der Waals surface area contributed by atoms with Crippen molar-refractivity contribution in [3.05, 3.63) is 45.4 Å². The van der Waals surface area contributed by atoms with Gasteiger partial charge in [-0.25, -0.2) is 4.98 Å². The van der Waals surface area contributed by atoms with Gasteiger partial charge in [0.15, 0.2) is 11.5 Å². The average molecular weight is 300 g/mol. The van der Waals surface area contributed by atoms with Crippen LogP contribution in [0, 0.1) is 0 Å². The summed E-state index contributed by atoms with van der Waals surface area (Å²) in [6, 6.07) is 5.87. The monoisotopic (exact) mass is 300 g/mol. The summed E-state index contributed by atoms with van der Waals surface area (Å²) >= 11 is 0. The van der Waals surface area contributed by atoms with Crippen molar-refractivity contribution in [2.24, 2.45) is 0 Å². The van der Waals surface area contributed by atoms with E-state index < -0.39 is 0 Å². The third kappa shape index (κ3) is 2.19. The van der Waals surface area contributed by atoms with Gasteiger partial charge in [-0.15, -0.1) is 0 Å². The van der Waals surface area contributed by atoms with Crippen LogP contribution in [0.1, 0.15) is 16.8 Å². The van der Waals surface area contributed by atoms with Gasteiger partial charge in [0.05, 0.1) is 11.3 Å². The van der Waals surface area contributed by atoms with Crippen LogP contribution in [0.25, 0.3) is 0 Å². The van der Waals surface area contributed by atoms with Crippen LogP contribution in [0.3, 0.4) is 0 Å². The van der Waals surface area contributed by atoms with Crippen LogP contribution in [0.2, 0.25) is 0 Å². The van der Waals surface area contributed by atoms with Gasteiger partial charge < -0.3 is 15.2 Å². The molecule has 2 aliphatic rings. The van der Waals surface area contributed by atoms with Gasteiger partial charge in [0.2, 0.25) is 12.7 Å². The Morgan fingerprint density at radius 3 is 3.18 bits per heavy atom. The molecule has 3 heterocycles. The number of nitrogens with one attached hydrogen (secondary N) is 1. The number of para-hydroxylation sites is 1. The van der Waals surface area contributed by atoms with E-state index in [4.69, 9.17) is 15.2 Å². The van der Waals surface area contributed by atoms with Crippen LogP contribution in [-0.2, 0) is 19.5 Å². The van der Waals surface area contributed by atoms with Crippen molar-refractivity contribution in [1.29, 1.82) is 0 Å². The lowest BCUT2D eigenvalue weighted by molar-refractivity contribution is 0.171. The molecule has 0 bridgehead atoms. The van der Waals surface area contributed by atoms with E-state index in [1.54, 1.807) is 0 Å². The number of nitrogen functional groups attached to an aromatic ring is 1. The smallest absolute Gasteiger partial charge is 0.257 e. The topological polar surface area (TPSA) is 93.5 Å². The predicted molar refractivity (Wildman–Crippen MR) is 79.7 cm³/mol. The van der Waals surface area contributed by atoms with Crippen molar-refractivity contribution in [2.75, 3.05) is 19.1 Å². The SMILES string of the molecule is Nc1nc2c(c(=O)[nH]1)CN(Cc1cccc3c1OCO3)CC2. The highest BCUT2D eigenvalue weighted by atomic mass is 16.7. The number of fused-ring (bicyclic) bond motifs is 2. The molecular formula is C15H16N4O3. The molecule has 2 aliphatic heterocycles. The largest absolute Gasteiger partial charge is 0.454 e. The van der Waals surface area contributed by atoms with Gasteiger partial charge in [0, 0.05) is 31.6 Å². The zero-order chi connectivity index (χ0) is 15.1. The van der Waals surface area contributed by atoms with Gasteiger partial charge in [0.1, 0.15) is 0 Å². The van der Waals surface area contributed by atoms with Gasteiger partial charge in [-0.3, -0.25) is 14.7 Å². The molecule has 7 nitrogen and oxygen atoms in total. The summed E-state index contributed by atoms with van der Waals surface area (Å²) in [5.74, 6) is 1.77. The van der Waals surface area contributed by atoms with E-state index in [9.17, 15) is 4.79 Å². The van der Waals surface area contributed by atoms with Crippen LogP contribution >= 0.6 is 0 Å². The number of nitrogens with two attached hydrogens (primary N) is 1. The molecule has 0 spiro atoms. The van der Waals surface area contributed by atoms with Crippen molar-refractivity contribution < 1.29 is 9.47 Å². The molecule has 0 amide bonds. The first kappa shape index (κ1) is 13.1. The quantitative estimate of drug-likeness (QED) is 0.845. The minimum absolute atomic E-state index is 0.148. The van der Waals surface area contributed by atoms with Gasteiger partial charge in [-0.2, -0.15) is 0 Å². The summed E-state index contributed by atoms with van der Waals surface area (Å²) in [6.07, 6.45) is 0.718. The number of hydrogen-bond donors (Lipinski definition) is 2. The minimum atomic E-state index is -0.148. The zero-order valence-electron chi connectivity index (χ0n) is 12.0. The maximum atomic E-state index is 12.0. The summed E-state index contributed by atoms with van der Waals surface area (Å²) in [5, 5.41) is 0. The summed E-state index contributed by atoms with van der Waals surface area (Å²) in [6.45, 7) is 2.35. The van der Waals surface area contributed by atoms with Crippen LogP contribution < -0.4 is 20.8 Å². The molecule has 114 valence electrons. The van der Waals surface area contributed by atoms with E-state index in [1.807, 2.05) is 18.2 Å². The molecule has 0 aliphatic carbocycles.